The van der Waals surface area contributed by atoms with E-state index < -0.39 is 0 Å². The normalized spacial score (nSPS) is 25.6. The fourth-order valence-electron chi connectivity index (χ4n) is 2.58. The highest BCUT2D eigenvalue weighted by atomic mass is 16.5. The predicted octanol–water partition coefficient (Wildman–Crippen LogP) is -0.105. The van der Waals surface area contributed by atoms with Gasteiger partial charge in [-0.3, -0.25) is 9.69 Å². The number of carbonyl (C=O) groups excluding carboxylic acids is 2. The fourth-order valence-corrected chi connectivity index (χ4v) is 2.58. The summed E-state index contributed by atoms with van der Waals surface area (Å²) in [5.41, 5.74) is 0. The molecule has 0 bridgehead atoms. The number of ether oxygens (including phenoxy) is 1. The third kappa shape index (κ3) is 2.75. The van der Waals surface area contributed by atoms with Crippen molar-refractivity contribution in [3.8, 4) is 0 Å². The van der Waals surface area contributed by atoms with Gasteiger partial charge in [0.15, 0.2) is 0 Å². The van der Waals surface area contributed by atoms with Crippen molar-refractivity contribution in [2.24, 2.45) is 5.92 Å². The van der Waals surface area contributed by atoms with Crippen molar-refractivity contribution in [3.63, 3.8) is 0 Å². The minimum Gasteiger partial charge on any atom is -0.466 e. The summed E-state index contributed by atoms with van der Waals surface area (Å²) >= 11 is 0. The van der Waals surface area contributed by atoms with Crippen molar-refractivity contribution in [1.82, 2.24) is 15.1 Å². The lowest BCUT2D eigenvalue weighted by molar-refractivity contribution is -0.148. The number of hydrogen-bond acceptors (Lipinski definition) is 4. The highest BCUT2D eigenvalue weighted by Gasteiger charge is 2.36. The molecule has 0 aromatic carbocycles. The molecule has 2 rings (SSSR count). The summed E-state index contributed by atoms with van der Waals surface area (Å²) in [7, 11) is 0. The van der Waals surface area contributed by atoms with Crippen LogP contribution in [-0.2, 0) is 9.53 Å². The average molecular weight is 255 g/mol. The van der Waals surface area contributed by atoms with Crippen molar-refractivity contribution >= 4 is 12.0 Å². The maximum Gasteiger partial charge on any atom is 0.317 e. The fraction of sp³-hybridized carbons (Fsp3) is 0.833. The number of rotatable bonds is 4. The highest BCUT2D eigenvalue weighted by Crippen LogP contribution is 2.15. The van der Waals surface area contributed by atoms with E-state index in [2.05, 4.69) is 10.2 Å². The number of amides is 2. The van der Waals surface area contributed by atoms with E-state index in [4.69, 9.17) is 4.74 Å². The van der Waals surface area contributed by atoms with Crippen molar-refractivity contribution < 1.29 is 14.3 Å². The molecule has 2 saturated heterocycles. The summed E-state index contributed by atoms with van der Waals surface area (Å²) in [5, 5.41) is 2.85. The molecule has 18 heavy (non-hydrogen) atoms. The van der Waals surface area contributed by atoms with Crippen LogP contribution in [0.1, 0.15) is 13.8 Å². The third-order valence-electron chi connectivity index (χ3n) is 3.54. The number of nitrogens with one attached hydrogen (secondary N) is 1. The summed E-state index contributed by atoms with van der Waals surface area (Å²) in [6, 6.07) is 0.290. The maximum absolute atomic E-state index is 11.6. The molecule has 0 aromatic rings. The van der Waals surface area contributed by atoms with E-state index in [1.54, 1.807) is 0 Å². The van der Waals surface area contributed by atoms with E-state index >= 15 is 0 Å². The first-order valence-corrected chi connectivity index (χ1v) is 6.55. The zero-order valence-electron chi connectivity index (χ0n) is 11.0. The Kier molecular flexibility index (Phi) is 4.06. The minimum atomic E-state index is -0.138. The molecule has 2 unspecified atom stereocenters. The standard InChI is InChI=1S/C12H21N3O3/c1-3-18-11(16)9(2)7-14-4-5-15-10(8-14)6-13-12(15)17/h9-10H,3-8H2,1-2H3,(H,13,17). The topological polar surface area (TPSA) is 61.9 Å². The molecular weight excluding hydrogens is 234 g/mol. The second kappa shape index (κ2) is 5.56. The Hall–Kier alpha value is -1.30. The summed E-state index contributed by atoms with van der Waals surface area (Å²) in [4.78, 5) is 27.1. The van der Waals surface area contributed by atoms with Gasteiger partial charge < -0.3 is 15.0 Å². The van der Waals surface area contributed by atoms with Gasteiger partial charge in [-0.05, 0) is 6.92 Å². The van der Waals surface area contributed by atoms with Gasteiger partial charge in [-0.15, -0.1) is 0 Å². The predicted molar refractivity (Wildman–Crippen MR) is 66.1 cm³/mol. The molecule has 6 heteroatoms. The van der Waals surface area contributed by atoms with E-state index in [1.807, 2.05) is 18.7 Å². The molecule has 0 spiro atoms. The van der Waals surface area contributed by atoms with Gasteiger partial charge in [0.2, 0.25) is 0 Å². The highest BCUT2D eigenvalue weighted by molar-refractivity contribution is 5.77. The smallest absolute Gasteiger partial charge is 0.317 e. The van der Waals surface area contributed by atoms with Gasteiger partial charge in [0, 0.05) is 32.7 Å². The first kappa shape index (κ1) is 13.1. The van der Waals surface area contributed by atoms with E-state index in [-0.39, 0.29) is 24.0 Å². The summed E-state index contributed by atoms with van der Waals surface area (Å²) < 4.78 is 5.01. The van der Waals surface area contributed by atoms with E-state index in [0.717, 1.165) is 19.6 Å². The van der Waals surface area contributed by atoms with Crippen molar-refractivity contribution in [3.05, 3.63) is 0 Å². The van der Waals surface area contributed by atoms with E-state index in [1.165, 1.54) is 0 Å². The number of nitrogens with zero attached hydrogens (tertiary/aromatic N) is 2. The SMILES string of the molecule is CCOC(=O)C(C)CN1CCN2C(=O)NCC2C1. The minimum absolute atomic E-state index is 0.0399. The second-order valence-electron chi connectivity index (χ2n) is 4.95. The van der Waals surface area contributed by atoms with Gasteiger partial charge in [0.05, 0.1) is 18.6 Å². The van der Waals surface area contributed by atoms with Crippen LogP contribution in [0.25, 0.3) is 0 Å². The molecular formula is C12H21N3O3. The van der Waals surface area contributed by atoms with Gasteiger partial charge >= 0.3 is 12.0 Å². The Morgan fingerprint density at radius 2 is 2.33 bits per heavy atom. The van der Waals surface area contributed by atoms with Crippen LogP contribution in [0.5, 0.6) is 0 Å². The second-order valence-corrected chi connectivity index (χ2v) is 4.95. The van der Waals surface area contributed by atoms with Crippen LogP contribution < -0.4 is 5.32 Å². The number of carbonyl (C=O) groups is 2. The van der Waals surface area contributed by atoms with Crippen LogP contribution in [0.2, 0.25) is 0 Å². The van der Waals surface area contributed by atoms with Gasteiger partial charge in [-0.25, -0.2) is 4.79 Å². The van der Waals surface area contributed by atoms with Crippen molar-refractivity contribution in [2.45, 2.75) is 19.9 Å². The molecule has 102 valence electrons. The van der Waals surface area contributed by atoms with Gasteiger partial charge in [0.1, 0.15) is 0 Å². The molecule has 2 atom stereocenters. The zero-order chi connectivity index (χ0) is 13.1. The van der Waals surface area contributed by atoms with Crippen LogP contribution in [0, 0.1) is 5.92 Å². The Labute approximate surface area is 107 Å². The Bertz CT molecular complexity index is 335. The molecule has 2 fully saturated rings. The first-order chi connectivity index (χ1) is 8.61. The molecule has 0 aliphatic carbocycles. The van der Waals surface area contributed by atoms with E-state index in [9.17, 15) is 9.59 Å². The van der Waals surface area contributed by atoms with Crippen molar-refractivity contribution in [1.29, 1.82) is 0 Å². The van der Waals surface area contributed by atoms with Crippen LogP contribution in [0.15, 0.2) is 0 Å². The number of esters is 1. The summed E-state index contributed by atoms with van der Waals surface area (Å²) in [6.45, 7) is 7.96. The molecule has 1 N–H and O–H groups in total. The van der Waals surface area contributed by atoms with Gasteiger partial charge in [-0.2, -0.15) is 0 Å². The van der Waals surface area contributed by atoms with Gasteiger partial charge in [0.25, 0.3) is 0 Å². The average Bonchev–Trinajstić information content (AvgIpc) is 2.71. The Morgan fingerprint density at radius 3 is 3.06 bits per heavy atom. The number of hydrogen-bond donors (Lipinski definition) is 1. The van der Waals surface area contributed by atoms with Crippen LogP contribution in [-0.4, -0.2) is 67.2 Å². The number of fused-ring (bicyclic) bond motifs is 1. The molecule has 6 nitrogen and oxygen atoms in total. The van der Waals surface area contributed by atoms with Crippen LogP contribution >= 0.6 is 0 Å². The lowest BCUT2D eigenvalue weighted by atomic mass is 10.1. The number of piperazine rings is 1. The number of urea groups is 1. The zero-order valence-corrected chi connectivity index (χ0v) is 11.0. The Balaban J connectivity index is 1.82. The van der Waals surface area contributed by atoms with Crippen molar-refractivity contribution in [2.75, 3.05) is 39.3 Å². The molecule has 2 aliphatic rings. The lowest BCUT2D eigenvalue weighted by Gasteiger charge is -2.37. The summed E-state index contributed by atoms with van der Waals surface area (Å²) in [5.74, 6) is -0.248. The lowest BCUT2D eigenvalue weighted by Crippen LogP contribution is -2.53. The first-order valence-electron chi connectivity index (χ1n) is 6.55. The molecule has 0 aromatic heterocycles. The molecule has 2 heterocycles. The molecule has 2 amide bonds. The molecule has 0 saturated carbocycles. The molecule has 2 aliphatic heterocycles. The third-order valence-corrected chi connectivity index (χ3v) is 3.54. The quantitative estimate of drug-likeness (QED) is 0.712. The maximum atomic E-state index is 11.6. The molecule has 0 radical (unpaired) electrons. The monoisotopic (exact) mass is 255 g/mol. The largest absolute Gasteiger partial charge is 0.466 e. The summed E-state index contributed by atoms with van der Waals surface area (Å²) in [6.07, 6.45) is 0. The van der Waals surface area contributed by atoms with Gasteiger partial charge in [-0.1, -0.05) is 6.92 Å². The Morgan fingerprint density at radius 1 is 1.56 bits per heavy atom. The van der Waals surface area contributed by atoms with Crippen LogP contribution in [0.4, 0.5) is 4.79 Å². The van der Waals surface area contributed by atoms with Crippen LogP contribution in [0.3, 0.4) is 0 Å². The van der Waals surface area contributed by atoms with E-state index in [0.29, 0.717) is 19.7 Å².